The molecule has 0 bridgehead atoms. The van der Waals surface area contributed by atoms with Crippen molar-refractivity contribution in [2.24, 2.45) is 0 Å². The van der Waals surface area contributed by atoms with E-state index in [0.717, 1.165) is 19.4 Å². The maximum Gasteiger partial charge on any atom is 1.00 e. The Morgan fingerprint density at radius 1 is 0.432 bits per heavy atom. The van der Waals surface area contributed by atoms with E-state index in [4.69, 9.17) is 0 Å². The third-order valence-corrected chi connectivity index (χ3v) is 7.76. The van der Waals surface area contributed by atoms with Crippen molar-refractivity contribution < 1.29 is 39.5 Å². The summed E-state index contributed by atoms with van der Waals surface area (Å²) in [5.74, 6) is -0.900. The molecule has 3 nitrogen and oxygen atoms in total. The average molecular weight is 532 g/mol. The van der Waals surface area contributed by atoms with Crippen LogP contribution in [-0.2, 0) is 4.79 Å². The second kappa shape index (κ2) is 34.5. The minimum absolute atomic E-state index is 0. The van der Waals surface area contributed by atoms with Crippen molar-refractivity contribution in [3.8, 4) is 0 Å². The molecule has 0 aromatic rings. The molecule has 0 amide bonds. The van der Waals surface area contributed by atoms with Gasteiger partial charge in [0.25, 0.3) is 0 Å². The Morgan fingerprint density at radius 3 is 0.946 bits per heavy atom. The molecule has 0 aliphatic heterocycles. The molecule has 0 aromatic heterocycles. The van der Waals surface area contributed by atoms with Crippen LogP contribution >= 0.6 is 0 Å². The van der Waals surface area contributed by atoms with Gasteiger partial charge in [-0.25, -0.2) is 0 Å². The van der Waals surface area contributed by atoms with Gasteiger partial charge in [-0.1, -0.05) is 155 Å². The third kappa shape index (κ3) is 34.4. The van der Waals surface area contributed by atoms with E-state index in [2.05, 4.69) is 18.7 Å². The zero-order chi connectivity index (χ0) is 26.4. The summed E-state index contributed by atoms with van der Waals surface area (Å²) in [6, 6.07) is 0. The van der Waals surface area contributed by atoms with Crippen LogP contribution in [0.5, 0.6) is 0 Å². The largest absolute Gasteiger partial charge is 1.00 e. The van der Waals surface area contributed by atoms with Crippen LogP contribution in [0.1, 0.15) is 187 Å². The molecule has 0 saturated heterocycles. The minimum Gasteiger partial charge on any atom is -0.550 e. The second-order valence-electron chi connectivity index (χ2n) is 11.4. The summed E-state index contributed by atoms with van der Waals surface area (Å²) in [6.07, 6.45) is 35.5. The first-order valence-electron chi connectivity index (χ1n) is 16.6. The topological polar surface area (TPSA) is 43.4 Å². The van der Waals surface area contributed by atoms with Crippen LogP contribution in [-0.4, -0.2) is 30.5 Å². The molecule has 216 valence electrons. The Kier molecular flexibility index (Phi) is 36.9. The summed E-state index contributed by atoms with van der Waals surface area (Å²) in [7, 11) is 0. The van der Waals surface area contributed by atoms with Crippen molar-refractivity contribution in [1.29, 1.82) is 0 Å². The number of carboxylic acid groups (broad SMARTS) is 1. The van der Waals surface area contributed by atoms with Gasteiger partial charge in [-0.3, -0.25) is 0 Å². The smallest absolute Gasteiger partial charge is 0.550 e. The van der Waals surface area contributed by atoms with E-state index in [1.54, 1.807) is 0 Å². The van der Waals surface area contributed by atoms with Crippen molar-refractivity contribution in [2.75, 3.05) is 19.6 Å². The summed E-state index contributed by atoms with van der Waals surface area (Å²) in [5, 5.41) is 10.7. The molecule has 0 fully saturated rings. The molecule has 0 atom stereocenters. The van der Waals surface area contributed by atoms with E-state index in [1.165, 1.54) is 167 Å². The SMILES string of the molecule is CCCCCCCCCCCCCCN(CCCCCCCCCCCCCC)CCCCC(=O)[O-].[Na+]. The van der Waals surface area contributed by atoms with E-state index >= 15 is 0 Å². The van der Waals surface area contributed by atoms with Crippen molar-refractivity contribution >= 4 is 5.97 Å². The second-order valence-corrected chi connectivity index (χ2v) is 11.4. The first kappa shape index (κ1) is 39.6. The summed E-state index contributed by atoms with van der Waals surface area (Å²) < 4.78 is 0. The molecule has 0 aliphatic rings. The number of carbonyl (C=O) groups excluding carboxylic acids is 1. The molecule has 0 unspecified atom stereocenters. The fraction of sp³-hybridized carbons (Fsp3) is 0.970. The number of carboxylic acids is 1. The maximum atomic E-state index is 10.7. The van der Waals surface area contributed by atoms with Crippen LogP contribution in [0, 0.1) is 0 Å². The Balaban J connectivity index is 0. The maximum absolute atomic E-state index is 10.7. The molecule has 0 spiro atoms. The van der Waals surface area contributed by atoms with E-state index in [9.17, 15) is 9.90 Å². The molecule has 4 heteroatoms. The Hall–Kier alpha value is 0.430. The van der Waals surface area contributed by atoms with Gasteiger partial charge in [-0.15, -0.1) is 0 Å². The first-order valence-corrected chi connectivity index (χ1v) is 16.6. The third-order valence-electron chi connectivity index (χ3n) is 7.76. The predicted octanol–water partition coefficient (Wildman–Crippen LogP) is 6.61. The minimum atomic E-state index is -0.900. The van der Waals surface area contributed by atoms with Gasteiger partial charge in [0.1, 0.15) is 0 Å². The van der Waals surface area contributed by atoms with Gasteiger partial charge in [0.2, 0.25) is 0 Å². The summed E-state index contributed by atoms with van der Waals surface area (Å²) in [6.45, 7) is 8.02. The molecule has 0 heterocycles. The molecule has 0 N–H and O–H groups in total. The van der Waals surface area contributed by atoms with E-state index < -0.39 is 5.97 Å². The van der Waals surface area contributed by atoms with Gasteiger partial charge < -0.3 is 14.8 Å². The zero-order valence-electron chi connectivity index (χ0n) is 26.0. The van der Waals surface area contributed by atoms with Crippen molar-refractivity contribution in [3.63, 3.8) is 0 Å². The van der Waals surface area contributed by atoms with E-state index in [0.29, 0.717) is 0 Å². The molecule has 0 aromatic carbocycles. The molecule has 0 saturated carbocycles. The van der Waals surface area contributed by atoms with Gasteiger partial charge in [0, 0.05) is 5.97 Å². The van der Waals surface area contributed by atoms with Gasteiger partial charge in [0.15, 0.2) is 0 Å². The molecular formula is C33H66NNaO2. The van der Waals surface area contributed by atoms with Gasteiger partial charge in [-0.05, 0) is 51.7 Å². The van der Waals surface area contributed by atoms with Crippen LogP contribution < -0.4 is 34.7 Å². The first-order chi connectivity index (χ1) is 17.7. The monoisotopic (exact) mass is 531 g/mol. The van der Waals surface area contributed by atoms with E-state index in [1.807, 2.05) is 0 Å². The molecule has 0 aliphatic carbocycles. The zero-order valence-corrected chi connectivity index (χ0v) is 28.0. The quantitative estimate of drug-likeness (QED) is 0.0746. The molecule has 0 rings (SSSR count). The van der Waals surface area contributed by atoms with Crippen LogP contribution in [0.4, 0.5) is 0 Å². The molecular weight excluding hydrogens is 465 g/mol. The van der Waals surface area contributed by atoms with Crippen molar-refractivity contribution in [2.45, 2.75) is 187 Å². The number of aliphatic carboxylic acids is 1. The average Bonchev–Trinajstić information content (AvgIpc) is 2.87. The number of rotatable bonds is 31. The Bertz CT molecular complexity index is 405. The predicted molar refractivity (Wildman–Crippen MR) is 157 cm³/mol. The Labute approximate surface area is 256 Å². The van der Waals surface area contributed by atoms with Crippen LogP contribution in [0.15, 0.2) is 0 Å². The van der Waals surface area contributed by atoms with Crippen LogP contribution in [0.2, 0.25) is 0 Å². The van der Waals surface area contributed by atoms with Crippen molar-refractivity contribution in [3.05, 3.63) is 0 Å². The number of hydrogen-bond acceptors (Lipinski definition) is 3. The van der Waals surface area contributed by atoms with E-state index in [-0.39, 0.29) is 36.0 Å². The van der Waals surface area contributed by atoms with Crippen LogP contribution in [0.3, 0.4) is 0 Å². The van der Waals surface area contributed by atoms with Gasteiger partial charge in [-0.2, -0.15) is 0 Å². The summed E-state index contributed by atoms with van der Waals surface area (Å²) in [5.41, 5.74) is 0. The fourth-order valence-electron chi connectivity index (χ4n) is 5.29. The standard InChI is InChI=1S/C33H67NO2.Na/c1-3-5-7-9-11-13-15-17-19-21-23-26-30-34(32-28-25-29-33(35)36)31-27-24-22-20-18-16-14-12-10-8-6-4-2;/h3-32H2,1-2H3,(H,35,36);/q;+1/p-1. The summed E-state index contributed by atoms with van der Waals surface area (Å²) in [4.78, 5) is 13.3. The van der Waals surface area contributed by atoms with Gasteiger partial charge >= 0.3 is 29.6 Å². The number of carbonyl (C=O) groups is 1. The van der Waals surface area contributed by atoms with Crippen LogP contribution in [0.25, 0.3) is 0 Å². The Morgan fingerprint density at radius 2 is 0.676 bits per heavy atom. The van der Waals surface area contributed by atoms with Crippen molar-refractivity contribution in [1.82, 2.24) is 4.90 Å². The molecule has 37 heavy (non-hydrogen) atoms. The molecule has 0 radical (unpaired) electrons. The van der Waals surface area contributed by atoms with Gasteiger partial charge in [0.05, 0.1) is 0 Å². The number of nitrogens with zero attached hydrogens (tertiary/aromatic N) is 1. The number of unbranched alkanes of at least 4 members (excludes halogenated alkanes) is 23. The summed E-state index contributed by atoms with van der Waals surface area (Å²) >= 11 is 0. The fourth-order valence-corrected chi connectivity index (χ4v) is 5.29. The normalized spacial score (nSPS) is 11.2. The number of hydrogen-bond donors (Lipinski definition) is 0.